The van der Waals surface area contributed by atoms with Gasteiger partial charge in [-0.3, -0.25) is 9.69 Å². The SMILES string of the molecule is Cc1nn(-c2ccccc2)c(C)c1C(=O)N1CCN(C2CCS(=O)(=O)C2)CC1. The molecule has 28 heavy (non-hydrogen) atoms. The first-order chi connectivity index (χ1) is 13.4. The summed E-state index contributed by atoms with van der Waals surface area (Å²) < 4.78 is 25.3. The number of hydrogen-bond acceptors (Lipinski definition) is 5. The van der Waals surface area contributed by atoms with Crippen LogP contribution in [0.2, 0.25) is 0 Å². The van der Waals surface area contributed by atoms with Crippen LogP contribution in [-0.2, 0) is 9.84 Å². The molecule has 150 valence electrons. The molecule has 2 aliphatic rings. The van der Waals surface area contributed by atoms with E-state index in [1.54, 1.807) is 0 Å². The van der Waals surface area contributed by atoms with Crippen molar-refractivity contribution in [3.05, 3.63) is 47.3 Å². The fourth-order valence-corrected chi connectivity index (χ4v) is 6.05. The molecular weight excluding hydrogens is 376 g/mol. The molecule has 1 aromatic heterocycles. The molecule has 1 atom stereocenters. The normalized spacial score (nSPS) is 22.5. The zero-order valence-corrected chi connectivity index (χ0v) is 17.2. The Kier molecular flexibility index (Phi) is 5.01. The lowest BCUT2D eigenvalue weighted by molar-refractivity contribution is 0.0586. The monoisotopic (exact) mass is 402 g/mol. The molecule has 1 amide bonds. The quantitative estimate of drug-likeness (QED) is 0.777. The predicted molar refractivity (Wildman–Crippen MR) is 108 cm³/mol. The molecule has 2 aliphatic heterocycles. The molecule has 7 nitrogen and oxygen atoms in total. The van der Waals surface area contributed by atoms with Crippen molar-refractivity contribution in [2.75, 3.05) is 37.7 Å². The number of sulfone groups is 1. The molecule has 2 aromatic rings. The molecule has 8 heteroatoms. The fraction of sp³-hybridized carbons (Fsp3) is 0.500. The molecule has 4 rings (SSSR count). The highest BCUT2D eigenvalue weighted by Gasteiger charge is 2.35. The van der Waals surface area contributed by atoms with E-state index in [4.69, 9.17) is 0 Å². The van der Waals surface area contributed by atoms with Crippen LogP contribution in [0, 0.1) is 13.8 Å². The number of aryl methyl sites for hydroxylation is 1. The minimum absolute atomic E-state index is 0.0101. The predicted octanol–water partition coefficient (Wildman–Crippen LogP) is 1.43. The van der Waals surface area contributed by atoms with Crippen molar-refractivity contribution < 1.29 is 13.2 Å². The Bertz CT molecular complexity index is 976. The van der Waals surface area contributed by atoms with Crippen LogP contribution in [0.25, 0.3) is 5.69 Å². The molecule has 2 fully saturated rings. The van der Waals surface area contributed by atoms with Gasteiger partial charge in [0, 0.05) is 32.2 Å². The maximum Gasteiger partial charge on any atom is 0.257 e. The summed E-state index contributed by atoms with van der Waals surface area (Å²) in [4.78, 5) is 17.3. The molecule has 0 bridgehead atoms. The van der Waals surface area contributed by atoms with Crippen LogP contribution in [0.1, 0.15) is 28.2 Å². The van der Waals surface area contributed by atoms with Gasteiger partial charge in [0.05, 0.1) is 34.1 Å². The van der Waals surface area contributed by atoms with E-state index in [1.807, 2.05) is 53.8 Å². The van der Waals surface area contributed by atoms with E-state index in [-0.39, 0.29) is 23.5 Å². The lowest BCUT2D eigenvalue weighted by atomic mass is 10.1. The van der Waals surface area contributed by atoms with E-state index in [1.165, 1.54) is 0 Å². The number of carbonyl (C=O) groups is 1. The molecule has 2 saturated heterocycles. The zero-order chi connectivity index (χ0) is 19.9. The van der Waals surface area contributed by atoms with Crippen LogP contribution in [0.15, 0.2) is 30.3 Å². The standard InChI is InChI=1S/C20H26N4O3S/c1-15-19(16(2)24(21-15)17-6-4-3-5-7-17)20(25)23-11-9-22(10-12-23)18-8-13-28(26,27)14-18/h3-7,18H,8-14H2,1-2H3. The largest absolute Gasteiger partial charge is 0.336 e. The molecule has 1 aromatic carbocycles. The summed E-state index contributed by atoms with van der Waals surface area (Å²) in [6.07, 6.45) is 0.707. The third-order valence-electron chi connectivity index (χ3n) is 5.83. The van der Waals surface area contributed by atoms with E-state index in [9.17, 15) is 13.2 Å². The number of benzene rings is 1. The smallest absolute Gasteiger partial charge is 0.257 e. The number of rotatable bonds is 3. The Morgan fingerprint density at radius 3 is 2.36 bits per heavy atom. The maximum absolute atomic E-state index is 13.2. The maximum atomic E-state index is 13.2. The van der Waals surface area contributed by atoms with E-state index < -0.39 is 9.84 Å². The summed E-state index contributed by atoms with van der Waals surface area (Å²) in [7, 11) is -2.89. The third kappa shape index (κ3) is 3.58. The van der Waals surface area contributed by atoms with E-state index >= 15 is 0 Å². The average molecular weight is 403 g/mol. The average Bonchev–Trinajstić information content (AvgIpc) is 3.20. The van der Waals surface area contributed by atoms with E-state index in [2.05, 4.69) is 10.00 Å². The number of nitrogens with zero attached hydrogens (tertiary/aromatic N) is 4. The van der Waals surface area contributed by atoms with Crippen molar-refractivity contribution in [2.24, 2.45) is 0 Å². The highest BCUT2D eigenvalue weighted by molar-refractivity contribution is 7.91. The van der Waals surface area contributed by atoms with Gasteiger partial charge >= 0.3 is 0 Å². The van der Waals surface area contributed by atoms with Gasteiger partial charge in [-0.05, 0) is 32.4 Å². The summed E-state index contributed by atoms with van der Waals surface area (Å²) in [5.41, 5.74) is 3.18. The molecule has 0 saturated carbocycles. The Morgan fingerprint density at radius 1 is 1.07 bits per heavy atom. The minimum Gasteiger partial charge on any atom is -0.336 e. The lowest BCUT2D eigenvalue weighted by Crippen LogP contribution is -2.52. The van der Waals surface area contributed by atoms with Gasteiger partial charge in [-0.25, -0.2) is 13.1 Å². The molecule has 1 unspecified atom stereocenters. The van der Waals surface area contributed by atoms with Gasteiger partial charge in [0.15, 0.2) is 9.84 Å². The number of piperazine rings is 1. The summed E-state index contributed by atoms with van der Waals surface area (Å²) in [5.74, 6) is 0.549. The minimum atomic E-state index is -2.89. The van der Waals surface area contributed by atoms with Gasteiger partial charge in [0.25, 0.3) is 5.91 Å². The number of amides is 1. The first-order valence-corrected chi connectivity index (χ1v) is 11.5. The summed E-state index contributed by atoms with van der Waals surface area (Å²) >= 11 is 0. The van der Waals surface area contributed by atoms with Crippen molar-refractivity contribution in [3.63, 3.8) is 0 Å². The topological polar surface area (TPSA) is 75.5 Å². The number of carbonyl (C=O) groups excluding carboxylic acids is 1. The lowest BCUT2D eigenvalue weighted by Gasteiger charge is -2.37. The Hall–Kier alpha value is -2.19. The van der Waals surface area contributed by atoms with Gasteiger partial charge in [-0.2, -0.15) is 5.10 Å². The second-order valence-corrected chi connectivity index (χ2v) is 9.91. The van der Waals surface area contributed by atoms with Crippen LogP contribution in [-0.4, -0.2) is 77.6 Å². The van der Waals surface area contributed by atoms with Gasteiger partial charge in [-0.15, -0.1) is 0 Å². The molecule has 0 aliphatic carbocycles. The third-order valence-corrected chi connectivity index (χ3v) is 7.58. The molecule has 0 N–H and O–H groups in total. The van der Waals surface area contributed by atoms with Crippen LogP contribution >= 0.6 is 0 Å². The Labute approximate surface area is 165 Å². The first kappa shape index (κ1) is 19.1. The second-order valence-electron chi connectivity index (χ2n) is 7.68. The van der Waals surface area contributed by atoms with Crippen molar-refractivity contribution >= 4 is 15.7 Å². The summed E-state index contributed by atoms with van der Waals surface area (Å²) in [6.45, 7) is 6.47. The fourth-order valence-electron chi connectivity index (χ4n) is 4.28. The Balaban J connectivity index is 1.47. The summed E-state index contributed by atoms with van der Waals surface area (Å²) in [5, 5.41) is 4.58. The highest BCUT2D eigenvalue weighted by atomic mass is 32.2. The van der Waals surface area contributed by atoms with Crippen molar-refractivity contribution in [2.45, 2.75) is 26.3 Å². The molecule has 0 radical (unpaired) electrons. The highest BCUT2D eigenvalue weighted by Crippen LogP contribution is 2.22. The Morgan fingerprint density at radius 2 is 1.75 bits per heavy atom. The zero-order valence-electron chi connectivity index (χ0n) is 16.3. The van der Waals surface area contributed by atoms with Gasteiger partial charge < -0.3 is 4.90 Å². The van der Waals surface area contributed by atoms with Crippen molar-refractivity contribution in [3.8, 4) is 5.69 Å². The van der Waals surface area contributed by atoms with Crippen LogP contribution in [0.3, 0.4) is 0 Å². The van der Waals surface area contributed by atoms with E-state index in [0.717, 1.165) is 30.2 Å². The number of hydrogen-bond donors (Lipinski definition) is 0. The van der Waals surface area contributed by atoms with Crippen LogP contribution in [0.5, 0.6) is 0 Å². The van der Waals surface area contributed by atoms with Crippen LogP contribution < -0.4 is 0 Å². The molecular formula is C20H26N4O3S. The van der Waals surface area contributed by atoms with Crippen molar-refractivity contribution in [1.29, 1.82) is 0 Å². The van der Waals surface area contributed by atoms with Crippen molar-refractivity contribution in [1.82, 2.24) is 19.6 Å². The first-order valence-electron chi connectivity index (χ1n) is 9.71. The van der Waals surface area contributed by atoms with Gasteiger partial charge in [-0.1, -0.05) is 18.2 Å². The van der Waals surface area contributed by atoms with Crippen LogP contribution in [0.4, 0.5) is 0 Å². The summed E-state index contributed by atoms with van der Waals surface area (Å²) in [6, 6.07) is 9.91. The van der Waals surface area contributed by atoms with E-state index in [0.29, 0.717) is 25.1 Å². The number of para-hydroxylation sites is 1. The number of aromatic nitrogens is 2. The molecule has 0 spiro atoms. The van der Waals surface area contributed by atoms with Gasteiger partial charge in [0.2, 0.25) is 0 Å². The molecule has 3 heterocycles. The van der Waals surface area contributed by atoms with Gasteiger partial charge in [0.1, 0.15) is 0 Å². The second kappa shape index (κ2) is 7.33.